The van der Waals surface area contributed by atoms with Crippen molar-refractivity contribution in [1.82, 2.24) is 20.4 Å². The maximum Gasteiger partial charge on any atom is 0.244 e. The number of aliphatic hydroxyl groups excluding tert-OH is 1. The van der Waals surface area contributed by atoms with Crippen molar-refractivity contribution in [3.8, 4) is 10.7 Å². The molecule has 0 bridgehead atoms. The fourth-order valence-electron chi connectivity index (χ4n) is 1.71. The number of nitrogens with zero attached hydrogens (tertiary/aromatic N) is 3. The van der Waals surface area contributed by atoms with Gasteiger partial charge in [0.1, 0.15) is 0 Å². The Morgan fingerprint density at radius 1 is 1.56 bits per heavy atom. The second-order valence-corrected chi connectivity index (χ2v) is 4.56. The van der Waals surface area contributed by atoms with Crippen LogP contribution in [0.4, 0.5) is 0 Å². The molecule has 0 unspecified atom stereocenters. The van der Waals surface area contributed by atoms with E-state index in [4.69, 9.17) is 4.52 Å². The van der Waals surface area contributed by atoms with Gasteiger partial charge in [0.05, 0.1) is 22.5 Å². The van der Waals surface area contributed by atoms with Crippen LogP contribution in [0.2, 0.25) is 0 Å². The third-order valence-corrected chi connectivity index (χ3v) is 3.27. The number of hydrogen-bond donors (Lipinski definition) is 2. The van der Waals surface area contributed by atoms with Gasteiger partial charge in [-0.2, -0.15) is 4.98 Å². The minimum atomic E-state index is -0.330. The SMILES string of the molecule is O[C@H]1CN[C@H](c2nc(-c3cncs3)no2)C1. The molecule has 2 N–H and O–H groups in total. The standard InChI is InChI=1S/C9H10N4O2S/c14-5-1-6(11-2-5)9-12-8(13-15-9)7-3-10-4-16-7/h3-6,11,14H,1-2H2/t5-,6+/m1/s1. The summed E-state index contributed by atoms with van der Waals surface area (Å²) >= 11 is 1.47. The fourth-order valence-corrected chi connectivity index (χ4v) is 2.25. The Balaban J connectivity index is 1.83. The number of aromatic nitrogens is 3. The van der Waals surface area contributed by atoms with Gasteiger partial charge >= 0.3 is 0 Å². The Bertz CT molecular complexity index is 470. The molecule has 0 amide bonds. The molecule has 0 aromatic carbocycles. The molecule has 2 aromatic rings. The lowest BCUT2D eigenvalue weighted by Crippen LogP contribution is -2.15. The van der Waals surface area contributed by atoms with Crippen LogP contribution in [0.15, 0.2) is 16.2 Å². The number of thiazole rings is 1. The lowest BCUT2D eigenvalue weighted by atomic mass is 10.2. The van der Waals surface area contributed by atoms with Crippen LogP contribution in [-0.4, -0.2) is 32.9 Å². The summed E-state index contributed by atoms with van der Waals surface area (Å²) in [6.07, 6.45) is 1.99. The molecule has 7 heteroatoms. The van der Waals surface area contributed by atoms with E-state index >= 15 is 0 Å². The molecule has 84 valence electrons. The van der Waals surface area contributed by atoms with E-state index in [0.29, 0.717) is 24.7 Å². The summed E-state index contributed by atoms with van der Waals surface area (Å²) in [5.41, 5.74) is 1.73. The van der Waals surface area contributed by atoms with E-state index in [2.05, 4.69) is 20.4 Å². The van der Waals surface area contributed by atoms with Gasteiger partial charge in [0, 0.05) is 12.7 Å². The average Bonchev–Trinajstić information content (AvgIpc) is 2.97. The van der Waals surface area contributed by atoms with Crippen molar-refractivity contribution in [2.24, 2.45) is 0 Å². The molecule has 1 fully saturated rings. The molecule has 0 spiro atoms. The summed E-state index contributed by atoms with van der Waals surface area (Å²) in [5, 5.41) is 16.4. The summed E-state index contributed by atoms with van der Waals surface area (Å²) in [6.45, 7) is 0.572. The highest BCUT2D eigenvalue weighted by atomic mass is 32.1. The molecule has 1 aliphatic heterocycles. The van der Waals surface area contributed by atoms with Crippen molar-refractivity contribution < 1.29 is 9.63 Å². The van der Waals surface area contributed by atoms with Crippen molar-refractivity contribution in [1.29, 1.82) is 0 Å². The second kappa shape index (κ2) is 3.93. The molecular formula is C9H10N4O2S. The van der Waals surface area contributed by atoms with Crippen LogP contribution in [0.25, 0.3) is 10.7 Å². The van der Waals surface area contributed by atoms with Gasteiger partial charge < -0.3 is 14.9 Å². The van der Waals surface area contributed by atoms with Gasteiger partial charge in [-0.15, -0.1) is 11.3 Å². The van der Waals surface area contributed by atoms with Gasteiger partial charge in [0.25, 0.3) is 0 Å². The molecule has 1 aliphatic rings. The van der Waals surface area contributed by atoms with Crippen LogP contribution in [0, 0.1) is 0 Å². The van der Waals surface area contributed by atoms with Crippen molar-refractivity contribution >= 4 is 11.3 Å². The molecule has 6 nitrogen and oxygen atoms in total. The Morgan fingerprint density at radius 2 is 2.50 bits per heavy atom. The van der Waals surface area contributed by atoms with Gasteiger partial charge in [-0.25, -0.2) is 0 Å². The van der Waals surface area contributed by atoms with Gasteiger partial charge in [-0.3, -0.25) is 4.98 Å². The van der Waals surface area contributed by atoms with E-state index in [1.54, 1.807) is 11.7 Å². The summed E-state index contributed by atoms with van der Waals surface area (Å²) in [6, 6.07) is -0.0378. The normalized spacial score (nSPS) is 25.1. The fraction of sp³-hybridized carbons (Fsp3) is 0.444. The number of aliphatic hydroxyl groups is 1. The van der Waals surface area contributed by atoms with E-state index in [-0.39, 0.29) is 12.1 Å². The highest BCUT2D eigenvalue weighted by molar-refractivity contribution is 7.13. The van der Waals surface area contributed by atoms with Crippen LogP contribution in [0.1, 0.15) is 18.4 Å². The molecule has 2 atom stereocenters. The summed E-state index contributed by atoms with van der Waals surface area (Å²) < 4.78 is 5.16. The maximum atomic E-state index is 9.39. The monoisotopic (exact) mass is 238 g/mol. The van der Waals surface area contributed by atoms with Crippen molar-refractivity contribution in [3.05, 3.63) is 17.6 Å². The van der Waals surface area contributed by atoms with Gasteiger partial charge in [0.2, 0.25) is 11.7 Å². The van der Waals surface area contributed by atoms with Crippen molar-refractivity contribution in [2.75, 3.05) is 6.54 Å². The van der Waals surface area contributed by atoms with E-state index in [9.17, 15) is 5.11 Å². The third-order valence-electron chi connectivity index (χ3n) is 2.50. The topological polar surface area (TPSA) is 84.1 Å². The van der Waals surface area contributed by atoms with E-state index in [1.165, 1.54) is 11.3 Å². The Labute approximate surface area is 95.3 Å². The van der Waals surface area contributed by atoms with Crippen LogP contribution in [0.3, 0.4) is 0 Å². The number of rotatable bonds is 2. The van der Waals surface area contributed by atoms with Crippen LogP contribution in [-0.2, 0) is 0 Å². The minimum absolute atomic E-state index is 0.0378. The molecule has 3 heterocycles. The van der Waals surface area contributed by atoms with Gasteiger partial charge in [-0.05, 0) is 6.42 Å². The Kier molecular flexibility index (Phi) is 2.43. The first-order valence-corrected chi connectivity index (χ1v) is 5.85. The molecule has 16 heavy (non-hydrogen) atoms. The first-order chi connectivity index (χ1) is 7.83. The molecule has 0 aliphatic carbocycles. The van der Waals surface area contributed by atoms with E-state index in [1.807, 2.05) is 0 Å². The molecule has 0 saturated carbocycles. The quantitative estimate of drug-likeness (QED) is 0.796. The molecule has 2 aromatic heterocycles. The Morgan fingerprint density at radius 3 is 3.19 bits per heavy atom. The number of β-amino-alcohol motifs (C(OH)–C–C–N with tert-alkyl or cyclic N) is 1. The summed E-state index contributed by atoms with van der Waals surface area (Å²) in [4.78, 5) is 9.13. The van der Waals surface area contributed by atoms with E-state index < -0.39 is 0 Å². The minimum Gasteiger partial charge on any atom is -0.392 e. The second-order valence-electron chi connectivity index (χ2n) is 3.67. The Hall–Kier alpha value is -1.31. The van der Waals surface area contributed by atoms with Gasteiger partial charge in [-0.1, -0.05) is 5.16 Å². The molecule has 1 saturated heterocycles. The zero-order valence-electron chi connectivity index (χ0n) is 8.33. The zero-order chi connectivity index (χ0) is 11.0. The molecule has 3 rings (SSSR count). The lowest BCUT2D eigenvalue weighted by molar-refractivity contribution is 0.191. The predicted octanol–water partition coefficient (Wildman–Crippen LogP) is 0.588. The largest absolute Gasteiger partial charge is 0.392 e. The molecule has 0 radical (unpaired) electrons. The number of nitrogens with one attached hydrogen (secondary N) is 1. The third kappa shape index (κ3) is 1.73. The smallest absolute Gasteiger partial charge is 0.244 e. The highest BCUT2D eigenvalue weighted by Crippen LogP contribution is 2.25. The first-order valence-electron chi connectivity index (χ1n) is 4.97. The summed E-state index contributed by atoms with van der Waals surface area (Å²) in [5.74, 6) is 1.08. The van der Waals surface area contributed by atoms with Crippen LogP contribution in [0.5, 0.6) is 0 Å². The molecular weight excluding hydrogens is 228 g/mol. The summed E-state index contributed by atoms with van der Waals surface area (Å²) in [7, 11) is 0. The zero-order valence-corrected chi connectivity index (χ0v) is 9.15. The predicted molar refractivity (Wildman–Crippen MR) is 56.8 cm³/mol. The highest BCUT2D eigenvalue weighted by Gasteiger charge is 2.28. The number of hydrogen-bond acceptors (Lipinski definition) is 7. The maximum absolute atomic E-state index is 9.39. The average molecular weight is 238 g/mol. The van der Waals surface area contributed by atoms with Crippen LogP contribution < -0.4 is 5.32 Å². The van der Waals surface area contributed by atoms with Crippen molar-refractivity contribution in [3.63, 3.8) is 0 Å². The lowest BCUT2D eigenvalue weighted by Gasteiger charge is -2.01. The van der Waals surface area contributed by atoms with Crippen molar-refractivity contribution in [2.45, 2.75) is 18.6 Å². The van der Waals surface area contributed by atoms with Crippen LogP contribution >= 0.6 is 11.3 Å². The van der Waals surface area contributed by atoms with Gasteiger partial charge in [0.15, 0.2) is 0 Å². The first kappa shape index (κ1) is 9.88. The van der Waals surface area contributed by atoms with E-state index in [0.717, 1.165) is 4.88 Å².